The van der Waals surface area contributed by atoms with E-state index in [-0.39, 0.29) is 34.8 Å². The summed E-state index contributed by atoms with van der Waals surface area (Å²) < 4.78 is 0. The molecule has 2 aromatic carbocycles. The SMILES string of the molecule is Nc1ccc(C(=O)NC2CCN(CC(=O)Nc3ccccc3)CC2)cc1[N+](=O)[O-]. The maximum absolute atomic E-state index is 12.4. The highest BCUT2D eigenvalue weighted by molar-refractivity contribution is 5.96. The van der Waals surface area contributed by atoms with Crippen LogP contribution in [-0.4, -0.2) is 47.3 Å². The summed E-state index contributed by atoms with van der Waals surface area (Å²) in [5.74, 6) is -0.443. The molecule has 0 aliphatic carbocycles. The normalized spacial score (nSPS) is 14.9. The number of piperidine rings is 1. The summed E-state index contributed by atoms with van der Waals surface area (Å²) in [7, 11) is 0. The van der Waals surface area contributed by atoms with E-state index in [9.17, 15) is 19.7 Å². The summed E-state index contributed by atoms with van der Waals surface area (Å²) in [4.78, 5) is 37.0. The van der Waals surface area contributed by atoms with Crippen LogP contribution in [0.15, 0.2) is 48.5 Å². The Morgan fingerprint density at radius 3 is 2.48 bits per heavy atom. The molecule has 29 heavy (non-hydrogen) atoms. The van der Waals surface area contributed by atoms with Gasteiger partial charge in [-0.2, -0.15) is 0 Å². The van der Waals surface area contributed by atoms with E-state index in [1.807, 2.05) is 35.2 Å². The van der Waals surface area contributed by atoms with Crippen molar-refractivity contribution in [2.24, 2.45) is 0 Å². The third-order valence-corrected chi connectivity index (χ3v) is 4.84. The minimum absolute atomic E-state index is 0.0219. The number of nitrogens with zero attached hydrogens (tertiary/aromatic N) is 2. The molecule has 2 aromatic rings. The predicted octanol–water partition coefficient (Wildman–Crippen LogP) is 2.01. The Morgan fingerprint density at radius 1 is 1.14 bits per heavy atom. The lowest BCUT2D eigenvalue weighted by atomic mass is 10.0. The van der Waals surface area contributed by atoms with Gasteiger partial charge in [0.25, 0.3) is 11.6 Å². The molecular weight excluding hydrogens is 374 g/mol. The zero-order chi connectivity index (χ0) is 20.8. The number of rotatable bonds is 6. The molecule has 1 fully saturated rings. The first-order valence-electron chi connectivity index (χ1n) is 9.34. The van der Waals surface area contributed by atoms with Gasteiger partial charge in [-0.25, -0.2) is 0 Å². The average Bonchev–Trinajstić information content (AvgIpc) is 2.70. The molecule has 0 bridgehead atoms. The van der Waals surface area contributed by atoms with Gasteiger partial charge in [0.2, 0.25) is 5.91 Å². The van der Waals surface area contributed by atoms with Crippen LogP contribution in [0.2, 0.25) is 0 Å². The molecule has 0 atom stereocenters. The summed E-state index contributed by atoms with van der Waals surface area (Å²) in [5, 5.41) is 16.7. The summed E-state index contributed by atoms with van der Waals surface area (Å²) in [6.45, 7) is 1.64. The molecule has 1 aliphatic rings. The van der Waals surface area contributed by atoms with Gasteiger partial charge in [0, 0.05) is 36.4 Å². The van der Waals surface area contributed by atoms with Crippen molar-refractivity contribution in [3.05, 3.63) is 64.2 Å². The van der Waals surface area contributed by atoms with E-state index in [0.717, 1.165) is 5.69 Å². The molecule has 1 aliphatic heterocycles. The van der Waals surface area contributed by atoms with Crippen LogP contribution in [0.4, 0.5) is 17.1 Å². The van der Waals surface area contributed by atoms with Gasteiger partial charge in [0.15, 0.2) is 0 Å². The number of benzene rings is 2. The molecular formula is C20H23N5O4. The minimum Gasteiger partial charge on any atom is -0.393 e. The smallest absolute Gasteiger partial charge is 0.292 e. The number of hydrogen-bond donors (Lipinski definition) is 3. The molecule has 0 aromatic heterocycles. The highest BCUT2D eigenvalue weighted by atomic mass is 16.6. The van der Waals surface area contributed by atoms with E-state index in [1.54, 1.807) is 0 Å². The zero-order valence-corrected chi connectivity index (χ0v) is 15.8. The number of nitrogens with two attached hydrogens (primary N) is 1. The van der Waals surface area contributed by atoms with Crippen molar-refractivity contribution in [1.29, 1.82) is 0 Å². The summed E-state index contributed by atoms with van der Waals surface area (Å²) in [5.41, 5.74) is 6.27. The van der Waals surface area contributed by atoms with Crippen molar-refractivity contribution in [2.75, 3.05) is 30.7 Å². The molecule has 9 heteroatoms. The van der Waals surface area contributed by atoms with Gasteiger partial charge in [0.05, 0.1) is 11.5 Å². The number of nitrogen functional groups attached to an aromatic ring is 1. The van der Waals surface area contributed by atoms with Crippen molar-refractivity contribution in [1.82, 2.24) is 10.2 Å². The molecule has 152 valence electrons. The number of hydrogen-bond acceptors (Lipinski definition) is 6. The number of amides is 2. The molecule has 3 rings (SSSR count). The Balaban J connectivity index is 1.47. The van der Waals surface area contributed by atoms with E-state index in [2.05, 4.69) is 10.6 Å². The first kappa shape index (κ1) is 20.3. The van der Waals surface area contributed by atoms with Gasteiger partial charge in [-0.05, 0) is 37.1 Å². The molecule has 4 N–H and O–H groups in total. The minimum atomic E-state index is -0.606. The molecule has 1 saturated heterocycles. The molecule has 0 spiro atoms. The molecule has 9 nitrogen and oxygen atoms in total. The number of carbonyl (C=O) groups excluding carboxylic acids is 2. The van der Waals surface area contributed by atoms with E-state index in [1.165, 1.54) is 18.2 Å². The van der Waals surface area contributed by atoms with Crippen molar-refractivity contribution in [2.45, 2.75) is 18.9 Å². The largest absolute Gasteiger partial charge is 0.393 e. The lowest BCUT2D eigenvalue weighted by molar-refractivity contribution is -0.383. The van der Waals surface area contributed by atoms with E-state index in [4.69, 9.17) is 5.73 Å². The van der Waals surface area contributed by atoms with Gasteiger partial charge < -0.3 is 16.4 Å². The fourth-order valence-corrected chi connectivity index (χ4v) is 3.27. The number of anilines is 2. The number of likely N-dealkylation sites (tertiary alicyclic amines) is 1. The lowest BCUT2D eigenvalue weighted by Gasteiger charge is -2.31. The van der Waals surface area contributed by atoms with Crippen LogP contribution in [0, 0.1) is 10.1 Å². The Bertz CT molecular complexity index is 895. The van der Waals surface area contributed by atoms with Gasteiger partial charge >= 0.3 is 0 Å². The number of para-hydroxylation sites is 1. The number of carbonyl (C=O) groups is 2. The third-order valence-electron chi connectivity index (χ3n) is 4.84. The Kier molecular flexibility index (Phi) is 6.40. The second-order valence-electron chi connectivity index (χ2n) is 6.97. The fraction of sp³-hybridized carbons (Fsp3) is 0.300. The quantitative estimate of drug-likeness (QED) is 0.388. The summed E-state index contributed by atoms with van der Waals surface area (Å²) in [6, 6.07) is 13.3. The second kappa shape index (κ2) is 9.16. The van der Waals surface area contributed by atoms with E-state index < -0.39 is 4.92 Å². The molecule has 0 unspecified atom stereocenters. The van der Waals surface area contributed by atoms with E-state index >= 15 is 0 Å². The van der Waals surface area contributed by atoms with Crippen LogP contribution in [-0.2, 0) is 4.79 Å². The first-order valence-corrected chi connectivity index (χ1v) is 9.34. The monoisotopic (exact) mass is 397 g/mol. The van der Waals surface area contributed by atoms with Gasteiger partial charge in [-0.1, -0.05) is 18.2 Å². The maximum atomic E-state index is 12.4. The average molecular weight is 397 g/mol. The van der Waals surface area contributed by atoms with Crippen LogP contribution in [0.25, 0.3) is 0 Å². The third kappa shape index (κ3) is 5.52. The summed E-state index contributed by atoms with van der Waals surface area (Å²) in [6.07, 6.45) is 1.39. The molecule has 2 amide bonds. The Morgan fingerprint density at radius 2 is 1.83 bits per heavy atom. The van der Waals surface area contributed by atoms with Gasteiger partial charge in [-0.15, -0.1) is 0 Å². The van der Waals surface area contributed by atoms with Crippen molar-refractivity contribution >= 4 is 28.9 Å². The lowest BCUT2D eigenvalue weighted by Crippen LogP contribution is -2.46. The molecule has 0 radical (unpaired) electrons. The standard InChI is InChI=1S/C20H23N5O4/c21-17-7-6-14(12-18(17)25(28)29)20(27)23-16-8-10-24(11-9-16)13-19(26)22-15-4-2-1-3-5-15/h1-7,12,16H,8-11,13,21H2,(H,22,26)(H,23,27). The van der Waals surface area contributed by atoms with Crippen molar-refractivity contribution in [3.63, 3.8) is 0 Å². The Hall–Kier alpha value is -3.46. The summed E-state index contributed by atoms with van der Waals surface area (Å²) >= 11 is 0. The molecule has 0 saturated carbocycles. The first-order chi connectivity index (χ1) is 13.9. The number of nitro groups is 1. The number of nitro benzene ring substituents is 1. The predicted molar refractivity (Wildman–Crippen MR) is 110 cm³/mol. The van der Waals surface area contributed by atoms with Crippen LogP contribution in [0.1, 0.15) is 23.2 Å². The maximum Gasteiger partial charge on any atom is 0.292 e. The topological polar surface area (TPSA) is 131 Å². The molecule has 1 heterocycles. The van der Waals surface area contributed by atoms with Gasteiger partial charge in [0.1, 0.15) is 5.69 Å². The second-order valence-corrected chi connectivity index (χ2v) is 6.97. The Labute approximate surface area is 168 Å². The zero-order valence-electron chi connectivity index (χ0n) is 15.8. The van der Waals surface area contributed by atoms with Gasteiger partial charge in [-0.3, -0.25) is 24.6 Å². The van der Waals surface area contributed by atoms with Crippen LogP contribution in [0.5, 0.6) is 0 Å². The highest BCUT2D eigenvalue weighted by Gasteiger charge is 2.23. The van der Waals surface area contributed by atoms with Crippen LogP contribution < -0.4 is 16.4 Å². The van der Waals surface area contributed by atoms with Crippen molar-refractivity contribution in [3.8, 4) is 0 Å². The van der Waals surface area contributed by atoms with Crippen LogP contribution >= 0.6 is 0 Å². The highest BCUT2D eigenvalue weighted by Crippen LogP contribution is 2.22. The fourth-order valence-electron chi connectivity index (χ4n) is 3.27. The van der Waals surface area contributed by atoms with Crippen molar-refractivity contribution < 1.29 is 14.5 Å². The van der Waals surface area contributed by atoms with Crippen LogP contribution in [0.3, 0.4) is 0 Å². The van der Waals surface area contributed by atoms with E-state index in [0.29, 0.717) is 32.5 Å². The number of nitrogens with one attached hydrogen (secondary N) is 2.